The van der Waals surface area contributed by atoms with Crippen LogP contribution >= 0.6 is 8.03 Å². The SMILES string of the molecule is CC=C[PH](=O)OCCCC. The van der Waals surface area contributed by atoms with Crippen LogP contribution in [0.1, 0.15) is 26.7 Å². The first-order valence-electron chi connectivity index (χ1n) is 3.60. The van der Waals surface area contributed by atoms with E-state index < -0.39 is 8.03 Å². The molecule has 10 heavy (non-hydrogen) atoms. The number of allylic oxidation sites excluding steroid dienone is 1. The Morgan fingerprint density at radius 1 is 1.60 bits per heavy atom. The molecule has 1 atom stereocenters. The lowest BCUT2D eigenvalue weighted by Gasteiger charge is -1.96. The quantitative estimate of drug-likeness (QED) is 0.459. The van der Waals surface area contributed by atoms with Crippen LogP contribution < -0.4 is 0 Å². The standard InChI is InChI=1S/C7H15O2P/c1-3-5-6-9-10(8)7-4-2/h4,7,10H,3,5-6H2,1-2H3. The van der Waals surface area contributed by atoms with Crippen molar-refractivity contribution in [1.82, 2.24) is 0 Å². The Hall–Kier alpha value is -0.0700. The molecule has 0 N–H and O–H groups in total. The summed E-state index contributed by atoms with van der Waals surface area (Å²) in [5.41, 5.74) is 0. The maximum Gasteiger partial charge on any atom is 0.213 e. The van der Waals surface area contributed by atoms with E-state index in [0.29, 0.717) is 6.61 Å². The van der Waals surface area contributed by atoms with Gasteiger partial charge in [-0.3, -0.25) is 4.57 Å². The summed E-state index contributed by atoms with van der Waals surface area (Å²) in [6.45, 7) is 4.54. The van der Waals surface area contributed by atoms with Crippen molar-refractivity contribution < 1.29 is 9.09 Å². The van der Waals surface area contributed by atoms with Crippen LogP contribution in [-0.2, 0) is 9.09 Å². The van der Waals surface area contributed by atoms with Crippen molar-refractivity contribution in [3.8, 4) is 0 Å². The second-order valence-electron chi connectivity index (χ2n) is 2.02. The Labute approximate surface area is 63.1 Å². The average Bonchev–Trinajstić information content (AvgIpc) is 1.89. The largest absolute Gasteiger partial charge is 0.328 e. The molecular weight excluding hydrogens is 147 g/mol. The van der Waals surface area contributed by atoms with Crippen LogP contribution in [0, 0.1) is 0 Å². The number of unbranched alkanes of at least 4 members (excludes halogenated alkanes) is 1. The fourth-order valence-corrected chi connectivity index (χ4v) is 1.22. The molecule has 0 heterocycles. The number of rotatable bonds is 5. The van der Waals surface area contributed by atoms with Crippen molar-refractivity contribution in [2.75, 3.05) is 6.61 Å². The highest BCUT2D eigenvalue weighted by molar-refractivity contribution is 7.42. The normalized spacial score (nSPS) is 14.2. The molecule has 0 radical (unpaired) electrons. The molecule has 0 rings (SSSR count). The highest BCUT2D eigenvalue weighted by Gasteiger charge is 1.90. The molecule has 0 aromatic carbocycles. The lowest BCUT2D eigenvalue weighted by molar-refractivity contribution is 0.326. The van der Waals surface area contributed by atoms with Crippen molar-refractivity contribution in [1.29, 1.82) is 0 Å². The summed E-state index contributed by atoms with van der Waals surface area (Å²) in [7, 11) is -1.84. The van der Waals surface area contributed by atoms with Crippen molar-refractivity contribution in [2.24, 2.45) is 0 Å². The molecule has 0 spiro atoms. The van der Waals surface area contributed by atoms with Crippen LogP contribution in [0.15, 0.2) is 11.9 Å². The first kappa shape index (κ1) is 9.93. The minimum absolute atomic E-state index is 0.624. The van der Waals surface area contributed by atoms with Crippen LogP contribution in [0.25, 0.3) is 0 Å². The lowest BCUT2D eigenvalue weighted by Crippen LogP contribution is -1.82. The lowest BCUT2D eigenvalue weighted by atomic mass is 10.4. The first-order chi connectivity index (χ1) is 4.81. The Kier molecular flexibility index (Phi) is 6.99. The minimum atomic E-state index is -1.84. The van der Waals surface area contributed by atoms with Gasteiger partial charge in [-0.2, -0.15) is 0 Å². The molecule has 2 nitrogen and oxygen atoms in total. The third kappa shape index (κ3) is 6.06. The summed E-state index contributed by atoms with van der Waals surface area (Å²) < 4.78 is 15.8. The Balaban J connectivity index is 3.22. The van der Waals surface area contributed by atoms with Gasteiger partial charge >= 0.3 is 0 Å². The van der Waals surface area contributed by atoms with E-state index in [9.17, 15) is 4.57 Å². The van der Waals surface area contributed by atoms with Gasteiger partial charge in [-0.05, 0) is 19.2 Å². The van der Waals surface area contributed by atoms with Crippen LogP contribution in [-0.4, -0.2) is 6.61 Å². The number of hydrogen-bond acceptors (Lipinski definition) is 2. The molecule has 0 aromatic rings. The van der Waals surface area contributed by atoms with Crippen molar-refractivity contribution >= 4 is 8.03 Å². The monoisotopic (exact) mass is 162 g/mol. The molecule has 0 aliphatic carbocycles. The van der Waals surface area contributed by atoms with Crippen LogP contribution in [0.2, 0.25) is 0 Å². The van der Waals surface area contributed by atoms with E-state index >= 15 is 0 Å². The maximum absolute atomic E-state index is 10.8. The van der Waals surface area contributed by atoms with E-state index in [-0.39, 0.29) is 0 Å². The number of hydrogen-bond donors (Lipinski definition) is 0. The van der Waals surface area contributed by atoms with E-state index in [1.165, 1.54) is 0 Å². The van der Waals surface area contributed by atoms with Crippen molar-refractivity contribution in [2.45, 2.75) is 26.7 Å². The third-order valence-corrected chi connectivity index (χ3v) is 2.14. The zero-order valence-corrected chi connectivity index (χ0v) is 7.59. The molecule has 0 bridgehead atoms. The van der Waals surface area contributed by atoms with E-state index in [4.69, 9.17) is 4.52 Å². The second kappa shape index (κ2) is 7.04. The summed E-state index contributed by atoms with van der Waals surface area (Å²) in [6, 6.07) is 0. The fraction of sp³-hybridized carbons (Fsp3) is 0.714. The van der Waals surface area contributed by atoms with Gasteiger partial charge in [0.25, 0.3) is 0 Å². The average molecular weight is 162 g/mol. The summed E-state index contributed by atoms with van der Waals surface area (Å²) in [5.74, 6) is 1.61. The predicted octanol–water partition coefficient (Wildman–Crippen LogP) is 2.81. The molecular formula is C7H15O2P. The molecule has 0 aliphatic rings. The Bertz CT molecular complexity index is 121. The highest BCUT2D eigenvalue weighted by atomic mass is 31.1. The van der Waals surface area contributed by atoms with Gasteiger partial charge in [-0.15, -0.1) is 0 Å². The second-order valence-corrected chi connectivity index (χ2v) is 3.28. The van der Waals surface area contributed by atoms with E-state index in [0.717, 1.165) is 12.8 Å². The molecule has 0 saturated carbocycles. The molecule has 0 saturated heterocycles. The van der Waals surface area contributed by atoms with E-state index in [2.05, 4.69) is 6.92 Å². The predicted molar refractivity (Wildman–Crippen MR) is 44.7 cm³/mol. The molecule has 1 unspecified atom stereocenters. The third-order valence-electron chi connectivity index (χ3n) is 1.04. The first-order valence-corrected chi connectivity index (χ1v) is 5.00. The van der Waals surface area contributed by atoms with Gasteiger partial charge in [-0.1, -0.05) is 19.4 Å². The van der Waals surface area contributed by atoms with Crippen molar-refractivity contribution in [3.63, 3.8) is 0 Å². The summed E-state index contributed by atoms with van der Waals surface area (Å²) in [6.07, 6.45) is 3.84. The zero-order valence-electron chi connectivity index (χ0n) is 6.59. The summed E-state index contributed by atoms with van der Waals surface area (Å²) >= 11 is 0. The Morgan fingerprint density at radius 2 is 2.30 bits per heavy atom. The summed E-state index contributed by atoms with van der Waals surface area (Å²) in [4.78, 5) is 0. The highest BCUT2D eigenvalue weighted by Crippen LogP contribution is 2.23. The Morgan fingerprint density at radius 3 is 2.80 bits per heavy atom. The van der Waals surface area contributed by atoms with Crippen LogP contribution in [0.5, 0.6) is 0 Å². The van der Waals surface area contributed by atoms with Gasteiger partial charge in [0.1, 0.15) is 0 Å². The smallest absolute Gasteiger partial charge is 0.213 e. The van der Waals surface area contributed by atoms with Gasteiger partial charge in [0.15, 0.2) is 0 Å². The van der Waals surface area contributed by atoms with Gasteiger partial charge in [0, 0.05) is 0 Å². The molecule has 0 amide bonds. The minimum Gasteiger partial charge on any atom is -0.328 e. The van der Waals surface area contributed by atoms with Gasteiger partial charge < -0.3 is 4.52 Å². The fourth-order valence-electron chi connectivity index (χ4n) is 0.501. The maximum atomic E-state index is 10.8. The van der Waals surface area contributed by atoms with Gasteiger partial charge in [0.2, 0.25) is 8.03 Å². The zero-order chi connectivity index (χ0) is 7.82. The van der Waals surface area contributed by atoms with Gasteiger partial charge in [0.05, 0.1) is 6.61 Å². The molecule has 0 aromatic heterocycles. The van der Waals surface area contributed by atoms with Crippen LogP contribution in [0.4, 0.5) is 0 Å². The van der Waals surface area contributed by atoms with Crippen molar-refractivity contribution in [3.05, 3.63) is 11.9 Å². The summed E-state index contributed by atoms with van der Waals surface area (Å²) in [5, 5.41) is 0. The van der Waals surface area contributed by atoms with E-state index in [1.54, 1.807) is 11.9 Å². The van der Waals surface area contributed by atoms with Gasteiger partial charge in [-0.25, -0.2) is 0 Å². The molecule has 0 aliphatic heterocycles. The molecule has 3 heteroatoms. The topological polar surface area (TPSA) is 26.3 Å². The molecule has 60 valence electrons. The van der Waals surface area contributed by atoms with Crippen LogP contribution in [0.3, 0.4) is 0 Å². The molecule has 0 fully saturated rings. The van der Waals surface area contributed by atoms with E-state index in [1.807, 2.05) is 6.92 Å².